The highest BCUT2D eigenvalue weighted by atomic mass is 79.9. The molecule has 1 amide bonds. The Balaban J connectivity index is 1.80. The van der Waals surface area contributed by atoms with Crippen LogP contribution in [0.4, 0.5) is 0 Å². The number of likely N-dealkylation sites (tertiary alicyclic amines) is 1. The molecule has 1 heterocycles. The lowest BCUT2D eigenvalue weighted by molar-refractivity contribution is -0.125. The van der Waals surface area contributed by atoms with Gasteiger partial charge < -0.3 is 9.64 Å². The van der Waals surface area contributed by atoms with Crippen molar-refractivity contribution in [3.8, 4) is 11.8 Å². The number of hydrogen-bond acceptors (Lipinski definition) is 3. The number of nitriles is 1. The van der Waals surface area contributed by atoms with E-state index in [1.54, 1.807) is 11.0 Å². The van der Waals surface area contributed by atoms with E-state index in [-0.39, 0.29) is 11.5 Å². The summed E-state index contributed by atoms with van der Waals surface area (Å²) in [7, 11) is 0. The average Bonchev–Trinajstić information content (AvgIpc) is 3.21. The third kappa shape index (κ3) is 4.96. The van der Waals surface area contributed by atoms with Crippen LogP contribution in [0.25, 0.3) is 6.08 Å². The minimum absolute atomic E-state index is 0.130. The Labute approximate surface area is 186 Å². The second-order valence-corrected chi connectivity index (χ2v) is 8.48. The lowest BCUT2D eigenvalue weighted by Crippen LogP contribution is -2.28. The zero-order valence-electron chi connectivity index (χ0n) is 14.9. The molecule has 0 bridgehead atoms. The normalized spacial score (nSPS) is 14.1. The summed E-state index contributed by atoms with van der Waals surface area (Å²) in [5.74, 6) is 0.410. The summed E-state index contributed by atoms with van der Waals surface area (Å²) in [6.07, 6.45) is 3.58. The van der Waals surface area contributed by atoms with Crippen LogP contribution in [-0.2, 0) is 11.4 Å². The molecule has 1 aliphatic rings. The number of nitrogens with zero attached hydrogens (tertiary/aromatic N) is 2. The molecule has 0 aliphatic carbocycles. The molecule has 2 aromatic rings. The maximum absolute atomic E-state index is 12.5. The maximum atomic E-state index is 12.5. The molecular formula is C21H17Br2ClN2O2. The van der Waals surface area contributed by atoms with E-state index in [1.165, 1.54) is 0 Å². The number of benzene rings is 2. The van der Waals surface area contributed by atoms with Gasteiger partial charge >= 0.3 is 0 Å². The van der Waals surface area contributed by atoms with Gasteiger partial charge in [-0.15, -0.1) is 0 Å². The summed E-state index contributed by atoms with van der Waals surface area (Å²) in [4.78, 5) is 14.2. The van der Waals surface area contributed by atoms with Crippen molar-refractivity contribution in [3.63, 3.8) is 0 Å². The fraction of sp³-hybridized carbons (Fsp3) is 0.238. The van der Waals surface area contributed by atoms with Crippen LogP contribution in [0, 0.1) is 11.3 Å². The summed E-state index contributed by atoms with van der Waals surface area (Å²) in [6.45, 7) is 1.74. The fourth-order valence-electron chi connectivity index (χ4n) is 2.97. The molecule has 28 heavy (non-hydrogen) atoms. The van der Waals surface area contributed by atoms with Gasteiger partial charge in [-0.05, 0) is 74.5 Å². The molecular weight excluding hydrogens is 508 g/mol. The quantitative estimate of drug-likeness (QED) is 0.358. The molecule has 144 valence electrons. The predicted octanol–water partition coefficient (Wildman–Crippen LogP) is 5.97. The number of hydrogen-bond donors (Lipinski definition) is 0. The van der Waals surface area contributed by atoms with Crippen molar-refractivity contribution in [3.05, 3.63) is 67.1 Å². The first-order chi connectivity index (χ1) is 13.5. The third-order valence-electron chi connectivity index (χ3n) is 4.41. The van der Waals surface area contributed by atoms with Crippen molar-refractivity contribution in [1.29, 1.82) is 5.26 Å². The Morgan fingerprint density at radius 2 is 1.86 bits per heavy atom. The van der Waals surface area contributed by atoms with Crippen molar-refractivity contribution in [2.24, 2.45) is 0 Å². The van der Waals surface area contributed by atoms with Crippen molar-refractivity contribution >= 4 is 55.4 Å². The topological polar surface area (TPSA) is 53.3 Å². The van der Waals surface area contributed by atoms with Gasteiger partial charge in [0.05, 0.1) is 8.95 Å². The lowest BCUT2D eigenvalue weighted by atomic mass is 10.1. The minimum atomic E-state index is -0.216. The molecule has 0 atom stereocenters. The summed E-state index contributed by atoms with van der Waals surface area (Å²) < 4.78 is 7.34. The molecule has 7 heteroatoms. The second kappa shape index (κ2) is 9.60. The first-order valence-electron chi connectivity index (χ1n) is 8.76. The molecule has 0 N–H and O–H groups in total. The van der Waals surface area contributed by atoms with Gasteiger partial charge in [-0.3, -0.25) is 4.79 Å². The van der Waals surface area contributed by atoms with E-state index in [1.807, 2.05) is 42.5 Å². The standard InChI is InChI=1S/C21H17Br2ClN2O2/c22-17-10-14(9-16(12-25)21(27)26-7-3-4-8-26)11-18(23)20(17)28-13-15-5-1-2-6-19(15)24/h1-2,5-6,9-11H,3-4,7-8,13H2/b16-9+. The highest BCUT2D eigenvalue weighted by Crippen LogP contribution is 2.36. The van der Waals surface area contributed by atoms with Gasteiger partial charge in [0, 0.05) is 23.7 Å². The third-order valence-corrected chi connectivity index (χ3v) is 5.95. The van der Waals surface area contributed by atoms with Crippen LogP contribution in [0.1, 0.15) is 24.0 Å². The van der Waals surface area contributed by atoms with Gasteiger partial charge in [-0.25, -0.2) is 0 Å². The van der Waals surface area contributed by atoms with E-state index in [4.69, 9.17) is 16.3 Å². The molecule has 0 radical (unpaired) electrons. The molecule has 0 saturated carbocycles. The van der Waals surface area contributed by atoms with Crippen molar-refractivity contribution < 1.29 is 9.53 Å². The lowest BCUT2D eigenvalue weighted by Gasteiger charge is -2.15. The van der Waals surface area contributed by atoms with Gasteiger partial charge in [0.25, 0.3) is 5.91 Å². The van der Waals surface area contributed by atoms with Crippen molar-refractivity contribution in [2.45, 2.75) is 19.4 Å². The van der Waals surface area contributed by atoms with Gasteiger partial charge in [0.1, 0.15) is 24.0 Å². The summed E-state index contributed by atoms with van der Waals surface area (Å²) in [5, 5.41) is 10.1. The summed E-state index contributed by atoms with van der Waals surface area (Å²) in [5.41, 5.74) is 1.74. The number of halogens is 3. The fourth-order valence-corrected chi connectivity index (χ4v) is 4.61. The molecule has 1 aliphatic heterocycles. The van der Waals surface area contributed by atoms with Crippen LogP contribution in [0.2, 0.25) is 5.02 Å². The number of rotatable bonds is 5. The number of carbonyl (C=O) groups is 1. The zero-order valence-corrected chi connectivity index (χ0v) is 18.8. The van der Waals surface area contributed by atoms with Crippen LogP contribution < -0.4 is 4.74 Å². The Hall–Kier alpha value is -1.81. The summed E-state index contributed by atoms with van der Waals surface area (Å²) >= 11 is 13.2. The number of ether oxygens (including phenoxy) is 1. The average molecular weight is 525 g/mol. The van der Waals surface area contributed by atoms with E-state index in [2.05, 4.69) is 31.9 Å². The molecule has 1 fully saturated rings. The first kappa shape index (κ1) is 20.9. The molecule has 0 aromatic heterocycles. The van der Waals surface area contributed by atoms with E-state index >= 15 is 0 Å². The monoisotopic (exact) mass is 522 g/mol. The Bertz CT molecular complexity index is 940. The van der Waals surface area contributed by atoms with Crippen LogP contribution in [-0.4, -0.2) is 23.9 Å². The Morgan fingerprint density at radius 1 is 1.21 bits per heavy atom. The number of amides is 1. The largest absolute Gasteiger partial charge is 0.486 e. The smallest absolute Gasteiger partial charge is 0.264 e. The highest BCUT2D eigenvalue weighted by molar-refractivity contribution is 9.11. The van der Waals surface area contributed by atoms with Crippen LogP contribution >= 0.6 is 43.5 Å². The van der Waals surface area contributed by atoms with Crippen LogP contribution in [0.5, 0.6) is 5.75 Å². The predicted molar refractivity (Wildman–Crippen MR) is 117 cm³/mol. The summed E-state index contributed by atoms with van der Waals surface area (Å²) in [6, 6.07) is 13.2. The molecule has 0 spiro atoms. The first-order valence-corrected chi connectivity index (χ1v) is 10.7. The molecule has 3 rings (SSSR count). The SMILES string of the molecule is N#C/C(=C\c1cc(Br)c(OCc2ccccc2Cl)c(Br)c1)C(=O)N1CCCC1. The van der Waals surface area contributed by atoms with Gasteiger partial charge in [0.15, 0.2) is 0 Å². The molecule has 1 saturated heterocycles. The minimum Gasteiger partial charge on any atom is -0.486 e. The van der Waals surface area contributed by atoms with Gasteiger partial charge in [-0.1, -0.05) is 29.8 Å². The van der Waals surface area contributed by atoms with Crippen LogP contribution in [0.15, 0.2) is 50.9 Å². The Morgan fingerprint density at radius 3 is 2.46 bits per heavy atom. The molecule has 0 unspecified atom stereocenters. The van der Waals surface area contributed by atoms with Crippen molar-refractivity contribution in [2.75, 3.05) is 13.1 Å². The van der Waals surface area contributed by atoms with E-state index in [0.717, 1.165) is 24.0 Å². The van der Waals surface area contributed by atoms with Crippen LogP contribution in [0.3, 0.4) is 0 Å². The van der Waals surface area contributed by atoms with E-state index < -0.39 is 0 Å². The number of carbonyl (C=O) groups excluding carboxylic acids is 1. The Kier molecular flexibility index (Phi) is 7.17. The van der Waals surface area contributed by atoms with Gasteiger partial charge in [0.2, 0.25) is 0 Å². The van der Waals surface area contributed by atoms with Gasteiger partial charge in [-0.2, -0.15) is 5.26 Å². The van der Waals surface area contributed by atoms with Crippen molar-refractivity contribution in [1.82, 2.24) is 4.90 Å². The van der Waals surface area contributed by atoms with E-state index in [9.17, 15) is 10.1 Å². The zero-order chi connectivity index (χ0) is 20.1. The molecule has 4 nitrogen and oxygen atoms in total. The van der Waals surface area contributed by atoms with E-state index in [0.29, 0.717) is 39.4 Å². The molecule has 2 aromatic carbocycles. The highest BCUT2D eigenvalue weighted by Gasteiger charge is 2.21. The second-order valence-electron chi connectivity index (χ2n) is 6.36. The maximum Gasteiger partial charge on any atom is 0.264 e.